The van der Waals surface area contributed by atoms with Gasteiger partial charge in [-0.2, -0.15) is 0 Å². The van der Waals surface area contributed by atoms with Crippen molar-refractivity contribution >= 4 is 27.5 Å². The summed E-state index contributed by atoms with van der Waals surface area (Å²) in [5, 5.41) is 0.557. The molecule has 5 heteroatoms. The molecule has 0 fully saturated rings. The van der Waals surface area contributed by atoms with Crippen LogP contribution < -0.4 is 5.73 Å². The van der Waals surface area contributed by atoms with Crippen molar-refractivity contribution in [3.8, 4) is 0 Å². The second kappa shape index (κ2) is 5.31. The molecule has 1 aromatic carbocycles. The quantitative estimate of drug-likeness (QED) is 0.633. The highest BCUT2D eigenvalue weighted by Crippen LogP contribution is 2.17. The number of nitrogens with two attached hydrogens (primary N) is 1. The van der Waals surface area contributed by atoms with Gasteiger partial charge in [-0.3, -0.25) is 4.21 Å². The molecule has 0 aliphatic rings. The van der Waals surface area contributed by atoms with Gasteiger partial charge < -0.3 is 10.7 Å². The summed E-state index contributed by atoms with van der Waals surface area (Å²) >= 11 is 0. The fourth-order valence-corrected chi connectivity index (χ4v) is 2.78. The summed E-state index contributed by atoms with van der Waals surface area (Å²) in [5.41, 5.74) is 8.04. The highest BCUT2D eigenvalue weighted by atomic mass is 32.2. The van der Waals surface area contributed by atoms with Crippen LogP contribution in [0.3, 0.4) is 0 Å². The number of rotatable bonds is 5. The van der Waals surface area contributed by atoms with E-state index in [-0.39, 0.29) is 0 Å². The lowest BCUT2D eigenvalue weighted by Crippen LogP contribution is -1.99. The van der Waals surface area contributed by atoms with E-state index in [2.05, 4.69) is 16.9 Å². The lowest BCUT2D eigenvalue weighted by molar-refractivity contribution is 0.671. The highest BCUT2D eigenvalue weighted by molar-refractivity contribution is 7.84. The summed E-state index contributed by atoms with van der Waals surface area (Å²) < 4.78 is 12.0. The minimum atomic E-state index is -1.03. The Morgan fingerprint density at radius 3 is 3.00 bits per heavy atom. The molecule has 1 atom stereocenters. The Balaban J connectivity index is 2.15. The van der Waals surface area contributed by atoms with Crippen LogP contribution in [0.2, 0.25) is 0 Å². The molecule has 0 saturated carbocycles. The molecular weight excluding hydrogens is 234 g/mol. The van der Waals surface area contributed by atoms with Gasteiger partial charge in [0.2, 0.25) is 0 Å². The zero-order chi connectivity index (χ0) is 12.3. The first-order valence-electron chi connectivity index (χ1n) is 5.84. The maximum Gasteiger partial charge on any atom is 0.197 e. The number of hydrogen-bond acceptors (Lipinski definition) is 3. The highest BCUT2D eigenvalue weighted by Gasteiger charge is 2.09. The molecule has 92 valence electrons. The fourth-order valence-electron chi connectivity index (χ4n) is 1.69. The predicted octanol–water partition coefficient (Wildman–Crippen LogP) is 2.44. The Morgan fingerprint density at radius 1 is 1.41 bits per heavy atom. The van der Waals surface area contributed by atoms with E-state index in [1.807, 2.05) is 12.1 Å². The number of benzene rings is 1. The van der Waals surface area contributed by atoms with Crippen LogP contribution in [0.25, 0.3) is 11.0 Å². The summed E-state index contributed by atoms with van der Waals surface area (Å²) in [6, 6.07) is 5.45. The van der Waals surface area contributed by atoms with Crippen molar-refractivity contribution in [2.45, 2.75) is 31.3 Å². The van der Waals surface area contributed by atoms with Crippen molar-refractivity contribution in [2.75, 3.05) is 11.5 Å². The Kier molecular flexibility index (Phi) is 3.78. The SMILES string of the molecule is CCCCCS(=O)c1nc2ccc(N)cc2[nH]1. The molecule has 0 amide bonds. The molecule has 1 unspecified atom stereocenters. The molecule has 4 nitrogen and oxygen atoms in total. The fraction of sp³-hybridized carbons (Fsp3) is 0.417. The molecule has 2 aromatic rings. The van der Waals surface area contributed by atoms with Gasteiger partial charge in [0.15, 0.2) is 5.16 Å². The first-order valence-corrected chi connectivity index (χ1v) is 7.16. The molecule has 0 radical (unpaired) electrons. The van der Waals surface area contributed by atoms with Gasteiger partial charge in [-0.25, -0.2) is 4.98 Å². The van der Waals surface area contributed by atoms with Crippen molar-refractivity contribution in [3.05, 3.63) is 18.2 Å². The Labute approximate surface area is 103 Å². The van der Waals surface area contributed by atoms with Crippen LogP contribution in [-0.4, -0.2) is 19.9 Å². The molecule has 0 bridgehead atoms. The Bertz CT molecular complexity index is 536. The van der Waals surface area contributed by atoms with Crippen molar-refractivity contribution in [3.63, 3.8) is 0 Å². The maximum atomic E-state index is 12.0. The lowest BCUT2D eigenvalue weighted by Gasteiger charge is -1.96. The third-order valence-electron chi connectivity index (χ3n) is 2.63. The van der Waals surface area contributed by atoms with Crippen molar-refractivity contribution in [2.24, 2.45) is 0 Å². The summed E-state index contributed by atoms with van der Waals surface area (Å²) in [7, 11) is -1.03. The standard InChI is InChI=1S/C12H17N3OS/c1-2-3-4-7-17(16)12-14-10-6-5-9(13)8-11(10)15-12/h5-6,8H,2-4,7,13H2,1H3,(H,14,15). The number of aromatic amines is 1. The predicted molar refractivity (Wildman–Crippen MR) is 71.3 cm³/mol. The lowest BCUT2D eigenvalue weighted by atomic mass is 10.3. The second-order valence-electron chi connectivity index (χ2n) is 4.08. The van der Waals surface area contributed by atoms with Crippen LogP contribution >= 0.6 is 0 Å². The number of nitrogens with zero attached hydrogens (tertiary/aromatic N) is 1. The number of fused-ring (bicyclic) bond motifs is 1. The summed E-state index contributed by atoms with van der Waals surface area (Å²) in [4.78, 5) is 7.39. The molecule has 3 N–H and O–H groups in total. The van der Waals surface area contributed by atoms with E-state index >= 15 is 0 Å². The van der Waals surface area contributed by atoms with E-state index in [0.717, 1.165) is 30.3 Å². The zero-order valence-corrected chi connectivity index (χ0v) is 10.7. The van der Waals surface area contributed by atoms with Gasteiger partial charge in [0.25, 0.3) is 0 Å². The van der Waals surface area contributed by atoms with E-state index in [0.29, 0.717) is 16.6 Å². The third kappa shape index (κ3) is 2.85. The number of imidazole rings is 1. The van der Waals surface area contributed by atoms with E-state index in [1.165, 1.54) is 0 Å². The van der Waals surface area contributed by atoms with Crippen LogP contribution in [0.4, 0.5) is 5.69 Å². The number of aromatic nitrogens is 2. The van der Waals surface area contributed by atoms with Gasteiger partial charge in [-0.05, 0) is 24.6 Å². The third-order valence-corrected chi connectivity index (χ3v) is 3.92. The van der Waals surface area contributed by atoms with Gasteiger partial charge in [0.1, 0.15) is 0 Å². The molecule has 1 aromatic heterocycles. The van der Waals surface area contributed by atoms with E-state index in [1.54, 1.807) is 6.07 Å². The monoisotopic (exact) mass is 251 g/mol. The number of unbranched alkanes of at least 4 members (excludes halogenated alkanes) is 2. The van der Waals surface area contributed by atoms with Gasteiger partial charge in [-0.15, -0.1) is 0 Å². The normalized spacial score (nSPS) is 13.0. The van der Waals surface area contributed by atoms with Crippen LogP contribution in [0.5, 0.6) is 0 Å². The summed E-state index contributed by atoms with van der Waals surface area (Å²) in [6.45, 7) is 2.13. The van der Waals surface area contributed by atoms with Crippen molar-refractivity contribution in [1.82, 2.24) is 9.97 Å². The smallest absolute Gasteiger partial charge is 0.197 e. The first kappa shape index (κ1) is 12.1. The van der Waals surface area contributed by atoms with Crippen LogP contribution in [0.1, 0.15) is 26.2 Å². The van der Waals surface area contributed by atoms with Crippen molar-refractivity contribution < 1.29 is 4.21 Å². The Hall–Kier alpha value is -1.36. The Morgan fingerprint density at radius 2 is 2.24 bits per heavy atom. The molecular formula is C12H17N3OS. The molecule has 17 heavy (non-hydrogen) atoms. The average Bonchev–Trinajstić information content (AvgIpc) is 2.72. The van der Waals surface area contributed by atoms with E-state index in [4.69, 9.17) is 5.73 Å². The minimum absolute atomic E-state index is 0.557. The second-order valence-corrected chi connectivity index (χ2v) is 5.56. The summed E-state index contributed by atoms with van der Waals surface area (Å²) in [5.74, 6) is 0.670. The number of hydrogen-bond donors (Lipinski definition) is 2. The van der Waals surface area contributed by atoms with E-state index < -0.39 is 10.8 Å². The average molecular weight is 251 g/mol. The molecule has 0 aliphatic carbocycles. The van der Waals surface area contributed by atoms with Crippen LogP contribution in [-0.2, 0) is 10.8 Å². The largest absolute Gasteiger partial charge is 0.399 e. The molecule has 1 heterocycles. The number of nitrogen functional groups attached to an aromatic ring is 1. The number of nitrogens with one attached hydrogen (secondary N) is 1. The van der Waals surface area contributed by atoms with Crippen LogP contribution in [0, 0.1) is 0 Å². The molecule has 0 saturated heterocycles. The number of H-pyrrole nitrogens is 1. The van der Waals surface area contributed by atoms with Crippen molar-refractivity contribution in [1.29, 1.82) is 0 Å². The zero-order valence-electron chi connectivity index (χ0n) is 9.90. The number of anilines is 1. The topological polar surface area (TPSA) is 71.8 Å². The molecule has 2 rings (SSSR count). The van der Waals surface area contributed by atoms with Gasteiger partial charge >= 0.3 is 0 Å². The van der Waals surface area contributed by atoms with Gasteiger partial charge in [0.05, 0.1) is 21.8 Å². The van der Waals surface area contributed by atoms with Gasteiger partial charge in [-0.1, -0.05) is 19.8 Å². The van der Waals surface area contributed by atoms with Crippen LogP contribution in [0.15, 0.2) is 23.4 Å². The molecule has 0 spiro atoms. The summed E-state index contributed by atoms with van der Waals surface area (Å²) in [6.07, 6.45) is 3.22. The maximum absolute atomic E-state index is 12.0. The molecule has 0 aliphatic heterocycles. The minimum Gasteiger partial charge on any atom is -0.399 e. The van der Waals surface area contributed by atoms with Gasteiger partial charge in [0, 0.05) is 11.4 Å². The van der Waals surface area contributed by atoms with E-state index in [9.17, 15) is 4.21 Å². The first-order chi connectivity index (χ1) is 8.20.